The molecule has 3 amide bonds. The van der Waals surface area contributed by atoms with Crippen LogP contribution in [0.2, 0.25) is 5.02 Å². The Labute approximate surface area is 286 Å². The Hall–Kier alpha value is -3.99. The van der Waals surface area contributed by atoms with E-state index < -0.39 is 41.7 Å². The smallest absolute Gasteiger partial charge is 0.313 e. The number of carbonyl (C=O) groups is 4. The average molecular weight is 678 g/mol. The van der Waals surface area contributed by atoms with E-state index in [4.69, 9.17) is 21.1 Å². The number of aliphatic hydroxyl groups is 1. The molecule has 48 heavy (non-hydrogen) atoms. The number of nitrogens with one attached hydrogen (secondary N) is 1. The molecule has 2 bridgehead atoms. The van der Waals surface area contributed by atoms with Crippen LogP contribution >= 0.6 is 11.6 Å². The summed E-state index contributed by atoms with van der Waals surface area (Å²) < 4.78 is 12.7. The molecule has 10 nitrogen and oxygen atoms in total. The predicted molar refractivity (Wildman–Crippen MR) is 182 cm³/mol. The van der Waals surface area contributed by atoms with Crippen molar-refractivity contribution in [1.82, 2.24) is 10.2 Å². The number of esters is 1. The lowest BCUT2D eigenvalue weighted by Gasteiger charge is -2.36. The molecule has 1 spiro atoms. The lowest BCUT2D eigenvalue weighted by atomic mass is 9.70. The highest BCUT2D eigenvalue weighted by molar-refractivity contribution is 6.30. The van der Waals surface area contributed by atoms with Gasteiger partial charge in [0.2, 0.25) is 11.8 Å². The number of likely N-dealkylation sites (tertiary alicyclic amines) is 1. The standard InChI is InChI=1S/C37H44ClN3O7/c1-3-5-14-30(43)39-24-29(25-12-8-6-9-13-25)47-36(46)31-28-19-20-37(48-28)32(31)34(44)41(22-10-7-11-23-42)33(37)35(45)40(21-4-2)27-17-15-26(38)16-18-27/h3-4,6,8-9,12-13,15-18,28-29,31-33,42H,1-2,5,7,10-11,14,19-24H2,(H,39,43)/t28-,29+,31+,32+,33-,37+/m0/s1. The zero-order valence-electron chi connectivity index (χ0n) is 27.1. The highest BCUT2D eigenvalue weighted by Crippen LogP contribution is 2.59. The van der Waals surface area contributed by atoms with E-state index in [1.807, 2.05) is 30.3 Å². The molecule has 3 aliphatic rings. The van der Waals surface area contributed by atoms with Crippen LogP contribution in [-0.2, 0) is 28.7 Å². The fraction of sp³-hybridized carbons (Fsp3) is 0.459. The first kappa shape index (κ1) is 35.3. The molecule has 0 unspecified atom stereocenters. The minimum absolute atomic E-state index is 0.0303. The maximum absolute atomic E-state index is 14.6. The summed E-state index contributed by atoms with van der Waals surface area (Å²) in [5, 5.41) is 12.7. The summed E-state index contributed by atoms with van der Waals surface area (Å²) in [5.41, 5.74) is 0.0844. The van der Waals surface area contributed by atoms with E-state index in [-0.39, 0.29) is 50.4 Å². The van der Waals surface area contributed by atoms with Crippen LogP contribution in [0.1, 0.15) is 56.6 Å². The molecule has 3 saturated heterocycles. The number of hydrogen-bond donors (Lipinski definition) is 2. The van der Waals surface area contributed by atoms with Crippen LogP contribution in [0.5, 0.6) is 0 Å². The normalized spacial score (nSPS) is 24.5. The number of unbranched alkanes of at least 4 members (excludes halogenated alkanes) is 2. The van der Waals surface area contributed by atoms with Crippen LogP contribution < -0.4 is 10.2 Å². The number of allylic oxidation sites excluding steroid dienone is 1. The van der Waals surface area contributed by atoms with Crippen LogP contribution in [0.25, 0.3) is 0 Å². The van der Waals surface area contributed by atoms with Crippen molar-refractivity contribution in [3.63, 3.8) is 0 Å². The van der Waals surface area contributed by atoms with E-state index in [1.165, 1.54) is 0 Å². The predicted octanol–water partition coefficient (Wildman–Crippen LogP) is 4.76. The van der Waals surface area contributed by atoms with Gasteiger partial charge in [0.05, 0.1) is 24.5 Å². The van der Waals surface area contributed by atoms with Crippen molar-refractivity contribution in [1.29, 1.82) is 0 Å². The number of ether oxygens (including phenoxy) is 2. The maximum atomic E-state index is 14.6. The molecular formula is C37H44ClN3O7. The first-order valence-electron chi connectivity index (χ1n) is 16.7. The van der Waals surface area contributed by atoms with E-state index >= 15 is 0 Å². The number of aliphatic hydroxyl groups excluding tert-OH is 1. The van der Waals surface area contributed by atoms with Crippen molar-refractivity contribution in [2.75, 3.05) is 31.1 Å². The highest BCUT2D eigenvalue weighted by Gasteiger charge is 2.75. The molecule has 11 heteroatoms. The lowest BCUT2D eigenvalue weighted by molar-refractivity contribution is -0.160. The van der Waals surface area contributed by atoms with Gasteiger partial charge in [-0.2, -0.15) is 0 Å². The van der Waals surface area contributed by atoms with Gasteiger partial charge in [-0.1, -0.05) is 54.1 Å². The second kappa shape index (κ2) is 15.9. The van der Waals surface area contributed by atoms with Gasteiger partial charge in [0.1, 0.15) is 17.7 Å². The molecule has 2 aromatic rings. The van der Waals surface area contributed by atoms with E-state index in [2.05, 4.69) is 18.5 Å². The Morgan fingerprint density at radius 3 is 2.54 bits per heavy atom. The van der Waals surface area contributed by atoms with E-state index in [1.54, 1.807) is 46.2 Å². The molecule has 0 aromatic heterocycles. The summed E-state index contributed by atoms with van der Waals surface area (Å²) in [6.45, 7) is 8.06. The topological polar surface area (TPSA) is 125 Å². The second-order valence-electron chi connectivity index (χ2n) is 12.6. The molecule has 0 aliphatic carbocycles. The van der Waals surface area contributed by atoms with Crippen molar-refractivity contribution in [3.05, 3.63) is 90.5 Å². The molecule has 0 saturated carbocycles. The Bertz CT molecular complexity index is 1490. The number of amides is 3. The van der Waals surface area contributed by atoms with Gasteiger partial charge >= 0.3 is 5.97 Å². The van der Waals surface area contributed by atoms with Gasteiger partial charge in [0.15, 0.2) is 0 Å². The van der Waals surface area contributed by atoms with Crippen LogP contribution in [0.15, 0.2) is 79.9 Å². The fourth-order valence-electron chi connectivity index (χ4n) is 7.37. The molecule has 3 heterocycles. The molecule has 2 N–H and O–H groups in total. The van der Waals surface area contributed by atoms with Crippen molar-refractivity contribution >= 4 is 41.0 Å². The van der Waals surface area contributed by atoms with Crippen LogP contribution in [-0.4, -0.2) is 77.7 Å². The maximum Gasteiger partial charge on any atom is 0.313 e. The zero-order chi connectivity index (χ0) is 34.3. The van der Waals surface area contributed by atoms with Crippen molar-refractivity contribution in [2.24, 2.45) is 11.8 Å². The van der Waals surface area contributed by atoms with Gasteiger partial charge in [-0.15, -0.1) is 13.2 Å². The lowest BCUT2D eigenvalue weighted by Crippen LogP contribution is -2.56. The first-order valence-corrected chi connectivity index (χ1v) is 17.0. The molecule has 5 rings (SSSR count). The zero-order valence-corrected chi connectivity index (χ0v) is 27.9. The van der Waals surface area contributed by atoms with Crippen molar-refractivity contribution < 1.29 is 33.8 Å². The number of carbonyl (C=O) groups excluding carboxylic acids is 4. The summed E-state index contributed by atoms with van der Waals surface area (Å²) in [6.07, 6.45) is 5.41. The number of anilines is 1. The number of nitrogens with zero attached hydrogens (tertiary/aromatic N) is 2. The molecule has 3 fully saturated rings. The van der Waals surface area contributed by atoms with E-state index in [0.29, 0.717) is 54.8 Å². The minimum Gasteiger partial charge on any atom is -0.455 e. The Morgan fingerprint density at radius 1 is 1.10 bits per heavy atom. The van der Waals surface area contributed by atoms with Gasteiger partial charge in [0, 0.05) is 36.8 Å². The molecule has 0 radical (unpaired) electrons. The third-order valence-electron chi connectivity index (χ3n) is 9.57. The summed E-state index contributed by atoms with van der Waals surface area (Å²) >= 11 is 6.14. The molecule has 256 valence electrons. The number of hydrogen-bond acceptors (Lipinski definition) is 7. The van der Waals surface area contributed by atoms with Crippen LogP contribution in [0.4, 0.5) is 5.69 Å². The summed E-state index contributed by atoms with van der Waals surface area (Å²) in [6, 6.07) is 15.0. The molecule has 2 aromatic carbocycles. The van der Waals surface area contributed by atoms with Crippen LogP contribution in [0.3, 0.4) is 0 Å². The largest absolute Gasteiger partial charge is 0.455 e. The third-order valence-corrected chi connectivity index (χ3v) is 9.82. The minimum atomic E-state index is -1.22. The van der Waals surface area contributed by atoms with Crippen LogP contribution in [0, 0.1) is 11.8 Å². The van der Waals surface area contributed by atoms with Gasteiger partial charge in [-0.25, -0.2) is 0 Å². The number of rotatable bonds is 17. The summed E-state index contributed by atoms with van der Waals surface area (Å²) in [5.74, 6) is -3.26. The molecular weight excluding hydrogens is 634 g/mol. The molecule has 6 atom stereocenters. The number of fused-ring (bicyclic) bond motifs is 1. The van der Waals surface area contributed by atoms with Crippen molar-refractivity contribution in [2.45, 2.75) is 68.8 Å². The van der Waals surface area contributed by atoms with Crippen molar-refractivity contribution in [3.8, 4) is 0 Å². The summed E-state index contributed by atoms with van der Waals surface area (Å²) in [7, 11) is 0. The second-order valence-corrected chi connectivity index (χ2v) is 13.0. The number of halogens is 1. The first-order chi connectivity index (χ1) is 23.2. The highest BCUT2D eigenvalue weighted by atomic mass is 35.5. The number of benzene rings is 2. The third kappa shape index (κ3) is 7.21. The molecule has 3 aliphatic heterocycles. The van der Waals surface area contributed by atoms with Gasteiger partial charge in [-0.3, -0.25) is 19.2 Å². The van der Waals surface area contributed by atoms with Gasteiger partial charge in [-0.05, 0) is 68.4 Å². The fourth-order valence-corrected chi connectivity index (χ4v) is 7.50. The van der Waals surface area contributed by atoms with E-state index in [9.17, 15) is 24.3 Å². The Balaban J connectivity index is 1.44. The van der Waals surface area contributed by atoms with Gasteiger partial charge < -0.3 is 29.7 Å². The summed E-state index contributed by atoms with van der Waals surface area (Å²) in [4.78, 5) is 58.8. The Morgan fingerprint density at radius 2 is 1.85 bits per heavy atom. The Kier molecular flexibility index (Phi) is 11.7. The monoisotopic (exact) mass is 677 g/mol. The average Bonchev–Trinajstić information content (AvgIpc) is 3.74. The SMILES string of the molecule is C=CCCC(=O)NC[C@@H](OC(=O)[C@@H]1[C@@H]2CC[C@]3(O2)[C@H](C(=O)N(CC=C)c2ccc(Cl)cc2)N(CCCCCO)C(=O)[C@@H]13)c1ccccc1. The quantitative estimate of drug-likeness (QED) is 0.141. The van der Waals surface area contributed by atoms with E-state index in [0.717, 1.165) is 0 Å². The van der Waals surface area contributed by atoms with Gasteiger partial charge in [0.25, 0.3) is 5.91 Å².